The van der Waals surface area contributed by atoms with Crippen LogP contribution in [-0.2, 0) is 14.3 Å². The molecule has 0 unspecified atom stereocenters. The number of aliphatic carboxylic acids is 1. The minimum Gasteiger partial charge on any atom is -0.480 e. The highest BCUT2D eigenvalue weighted by Crippen LogP contribution is 2.15. The lowest BCUT2D eigenvalue weighted by molar-refractivity contribution is -0.146. The van der Waals surface area contributed by atoms with Gasteiger partial charge in [0.25, 0.3) is 0 Å². The number of hydrogen-bond donors (Lipinski definition) is 4. The first-order valence-electron chi connectivity index (χ1n) is 11.8. The van der Waals surface area contributed by atoms with Crippen molar-refractivity contribution in [2.24, 2.45) is 5.73 Å². The standard InChI is InChI=1S/C12H23ClO2.C8H18O.C4H9NO2.H3N/c1-4-5-6-7-8-9-10-15-11(14)12(2,3)13;1-2-3-4-5-6-7-8-9;1-4(2,5)3(6)7;/h4-10H2,1-3H3;9H,2-8H2,1H3;5H2,1-2H3,(H,6,7);1H3. The molecule has 0 aromatic rings. The summed E-state index contributed by atoms with van der Waals surface area (Å²) in [6, 6.07) is 0. The highest BCUT2D eigenvalue weighted by atomic mass is 35.5. The summed E-state index contributed by atoms with van der Waals surface area (Å²) in [5.74, 6) is -1.30. The second-order valence-corrected chi connectivity index (χ2v) is 9.84. The minimum absolute atomic E-state index is 0. The summed E-state index contributed by atoms with van der Waals surface area (Å²) in [7, 11) is 0. The number of carbonyl (C=O) groups excluding carboxylic acids is 1. The molecule has 0 radical (unpaired) electrons. The molecular weight excluding hydrogens is 432 g/mol. The molecule has 0 aromatic heterocycles. The van der Waals surface area contributed by atoms with E-state index in [9.17, 15) is 9.59 Å². The molecule has 0 aliphatic rings. The number of alkyl halides is 1. The Kier molecular flexibility index (Phi) is 29.7. The molecule has 0 spiro atoms. The Hall–Kier alpha value is -0.890. The number of esters is 1. The smallest absolute Gasteiger partial charge is 0.326 e. The molecule has 0 aromatic carbocycles. The second-order valence-electron chi connectivity index (χ2n) is 8.89. The number of hydrogen-bond acceptors (Lipinski definition) is 6. The Morgan fingerprint density at radius 2 is 1.16 bits per heavy atom. The van der Waals surface area contributed by atoms with Gasteiger partial charge in [0, 0.05) is 6.61 Å². The van der Waals surface area contributed by atoms with Crippen LogP contribution in [0.3, 0.4) is 0 Å². The van der Waals surface area contributed by atoms with Crippen molar-refractivity contribution in [2.45, 2.75) is 129 Å². The number of carboxylic acids is 1. The average Bonchev–Trinajstić information content (AvgIpc) is 2.66. The molecule has 0 heterocycles. The molecule has 0 rings (SSSR count). The van der Waals surface area contributed by atoms with E-state index in [1.54, 1.807) is 13.8 Å². The Morgan fingerprint density at radius 3 is 1.47 bits per heavy atom. The van der Waals surface area contributed by atoms with Crippen LogP contribution >= 0.6 is 11.6 Å². The summed E-state index contributed by atoms with van der Waals surface area (Å²) in [6.07, 6.45) is 14.7. The van der Waals surface area contributed by atoms with Crippen LogP contribution in [0.25, 0.3) is 0 Å². The third kappa shape index (κ3) is 33.7. The van der Waals surface area contributed by atoms with Crippen molar-refractivity contribution in [3.8, 4) is 0 Å². The SMILES string of the molecule is CC(C)(N)C(=O)O.CCCCCCCCO.CCCCCCCCOC(=O)C(C)(C)Cl.N. The first-order valence-corrected chi connectivity index (χ1v) is 12.2. The molecule has 0 aliphatic heterocycles. The number of aliphatic hydroxyl groups is 1. The van der Waals surface area contributed by atoms with Gasteiger partial charge in [-0.25, -0.2) is 0 Å². The summed E-state index contributed by atoms with van der Waals surface area (Å²) in [6.45, 7) is 11.5. The molecule has 7 N–H and O–H groups in total. The van der Waals surface area contributed by atoms with Crippen LogP contribution in [0, 0.1) is 0 Å². The van der Waals surface area contributed by atoms with Gasteiger partial charge >= 0.3 is 11.9 Å². The Balaban J connectivity index is -0.000000198. The molecule has 0 fully saturated rings. The minimum atomic E-state index is -1.08. The van der Waals surface area contributed by atoms with E-state index in [1.807, 2.05) is 0 Å². The Morgan fingerprint density at radius 1 is 0.812 bits per heavy atom. The lowest BCUT2D eigenvalue weighted by Crippen LogP contribution is -2.41. The maximum Gasteiger partial charge on any atom is 0.326 e. The third-order valence-corrected chi connectivity index (χ3v) is 4.43. The fourth-order valence-corrected chi connectivity index (χ4v) is 2.17. The third-order valence-electron chi connectivity index (χ3n) is 4.28. The lowest BCUT2D eigenvalue weighted by atomic mass is 10.1. The van der Waals surface area contributed by atoms with E-state index in [0.717, 1.165) is 19.3 Å². The van der Waals surface area contributed by atoms with Gasteiger partial charge in [-0.3, -0.25) is 9.59 Å². The number of carbonyl (C=O) groups is 2. The summed E-state index contributed by atoms with van der Waals surface area (Å²) >= 11 is 5.79. The number of ether oxygens (including phenoxy) is 1. The maximum absolute atomic E-state index is 11.2. The fourth-order valence-electron chi connectivity index (χ4n) is 2.11. The topological polar surface area (TPSA) is 145 Å². The predicted octanol–water partition coefficient (Wildman–Crippen LogP) is 6.22. The van der Waals surface area contributed by atoms with Crippen LogP contribution in [0.4, 0.5) is 0 Å². The van der Waals surface area contributed by atoms with Gasteiger partial charge in [0.05, 0.1) is 6.61 Å². The number of nitrogens with two attached hydrogens (primary N) is 1. The van der Waals surface area contributed by atoms with Crippen molar-refractivity contribution in [3.05, 3.63) is 0 Å². The van der Waals surface area contributed by atoms with Crippen LogP contribution in [0.2, 0.25) is 0 Å². The molecular formula is C24H53ClN2O5. The summed E-state index contributed by atoms with van der Waals surface area (Å²) in [5, 5.41) is 16.5. The highest BCUT2D eigenvalue weighted by molar-refractivity contribution is 6.33. The first kappa shape index (κ1) is 38.4. The first-order chi connectivity index (χ1) is 14.3. The van der Waals surface area contributed by atoms with Gasteiger partial charge in [0.2, 0.25) is 0 Å². The van der Waals surface area contributed by atoms with E-state index in [4.69, 9.17) is 32.3 Å². The monoisotopic (exact) mass is 484 g/mol. The fraction of sp³-hybridized carbons (Fsp3) is 0.917. The molecule has 0 saturated carbocycles. The zero-order valence-electron chi connectivity index (χ0n) is 21.7. The normalized spacial score (nSPS) is 10.7. The summed E-state index contributed by atoms with van der Waals surface area (Å²) < 4.78 is 5.04. The van der Waals surface area contributed by atoms with Gasteiger partial charge in [-0.1, -0.05) is 78.1 Å². The van der Waals surface area contributed by atoms with Crippen LogP contribution in [0.1, 0.15) is 119 Å². The number of unbranched alkanes of at least 4 members (excludes halogenated alkanes) is 10. The van der Waals surface area contributed by atoms with Crippen molar-refractivity contribution in [1.29, 1.82) is 0 Å². The van der Waals surface area contributed by atoms with Gasteiger partial charge in [-0.05, 0) is 40.5 Å². The van der Waals surface area contributed by atoms with Crippen molar-refractivity contribution in [1.82, 2.24) is 6.15 Å². The van der Waals surface area contributed by atoms with E-state index >= 15 is 0 Å². The molecule has 0 amide bonds. The summed E-state index contributed by atoms with van der Waals surface area (Å²) in [4.78, 5) is 20.3. The highest BCUT2D eigenvalue weighted by Gasteiger charge is 2.25. The molecule has 196 valence electrons. The van der Waals surface area contributed by atoms with Crippen molar-refractivity contribution < 1.29 is 24.5 Å². The Bertz CT molecular complexity index is 416. The number of rotatable bonds is 15. The van der Waals surface area contributed by atoms with Crippen molar-refractivity contribution >= 4 is 23.5 Å². The molecule has 7 nitrogen and oxygen atoms in total. The zero-order valence-corrected chi connectivity index (χ0v) is 22.4. The van der Waals surface area contributed by atoms with Gasteiger partial charge in [-0.15, -0.1) is 11.6 Å². The van der Waals surface area contributed by atoms with Crippen LogP contribution in [0.15, 0.2) is 0 Å². The average molecular weight is 485 g/mol. The predicted molar refractivity (Wildman–Crippen MR) is 136 cm³/mol. The van der Waals surface area contributed by atoms with E-state index in [1.165, 1.54) is 71.6 Å². The molecule has 0 atom stereocenters. The van der Waals surface area contributed by atoms with E-state index < -0.39 is 16.4 Å². The lowest BCUT2D eigenvalue weighted by Gasteiger charge is -2.14. The van der Waals surface area contributed by atoms with E-state index in [0.29, 0.717) is 13.2 Å². The molecule has 0 saturated heterocycles. The van der Waals surface area contributed by atoms with E-state index in [-0.39, 0.29) is 12.1 Å². The van der Waals surface area contributed by atoms with Crippen LogP contribution < -0.4 is 11.9 Å². The molecule has 8 heteroatoms. The number of aliphatic hydroxyl groups excluding tert-OH is 1. The van der Waals surface area contributed by atoms with Crippen LogP contribution in [-0.4, -0.2) is 45.8 Å². The number of halogens is 1. The second kappa shape index (κ2) is 24.7. The molecule has 0 bridgehead atoms. The van der Waals surface area contributed by atoms with Gasteiger partial charge in [0.1, 0.15) is 10.4 Å². The largest absolute Gasteiger partial charge is 0.480 e. The summed E-state index contributed by atoms with van der Waals surface area (Å²) in [5.41, 5.74) is 4.00. The quantitative estimate of drug-likeness (QED) is 0.122. The van der Waals surface area contributed by atoms with Gasteiger partial charge < -0.3 is 26.8 Å². The zero-order chi connectivity index (χ0) is 24.8. The number of carboxylic acid groups (broad SMARTS) is 1. The maximum atomic E-state index is 11.2. The Labute approximate surface area is 202 Å². The van der Waals surface area contributed by atoms with Gasteiger partial charge in [0.15, 0.2) is 0 Å². The van der Waals surface area contributed by atoms with Crippen molar-refractivity contribution in [3.63, 3.8) is 0 Å². The molecule has 32 heavy (non-hydrogen) atoms. The van der Waals surface area contributed by atoms with Crippen molar-refractivity contribution in [2.75, 3.05) is 13.2 Å². The van der Waals surface area contributed by atoms with E-state index in [2.05, 4.69) is 13.8 Å². The molecule has 0 aliphatic carbocycles. The van der Waals surface area contributed by atoms with Crippen LogP contribution in [0.5, 0.6) is 0 Å². The van der Waals surface area contributed by atoms with Gasteiger partial charge in [-0.2, -0.15) is 0 Å².